The van der Waals surface area contributed by atoms with Gasteiger partial charge < -0.3 is 29.6 Å². The molecule has 0 fully saturated rings. The van der Waals surface area contributed by atoms with Crippen molar-refractivity contribution in [2.45, 2.75) is 6.61 Å². The van der Waals surface area contributed by atoms with E-state index in [1.165, 1.54) is 6.07 Å². The van der Waals surface area contributed by atoms with Crippen LogP contribution in [0.1, 0.15) is 5.56 Å². The molecule has 0 atom stereocenters. The number of rotatable bonds is 4. The quantitative estimate of drug-likeness (QED) is 0.361. The average Bonchev–Trinajstić information content (AvgIpc) is 2.71. The van der Waals surface area contributed by atoms with Crippen molar-refractivity contribution >= 4 is 11.0 Å². The molecule has 0 spiro atoms. The molecular weight excluding hydrogens is 414 g/mol. The van der Waals surface area contributed by atoms with Gasteiger partial charge in [-0.15, -0.1) is 0 Å². The molecule has 3 aromatic carbocycles. The highest BCUT2D eigenvalue weighted by Gasteiger charge is 2.22. The van der Waals surface area contributed by atoms with Gasteiger partial charge in [-0.25, -0.2) is 8.78 Å². The Morgan fingerprint density at radius 3 is 2.39 bits per heavy atom. The van der Waals surface area contributed by atoms with Crippen LogP contribution in [0.4, 0.5) is 8.78 Å². The average molecular weight is 428 g/mol. The van der Waals surface area contributed by atoms with Crippen LogP contribution in [0.2, 0.25) is 0 Å². The van der Waals surface area contributed by atoms with E-state index in [4.69, 9.17) is 9.15 Å². The zero-order valence-corrected chi connectivity index (χ0v) is 15.6. The molecule has 0 aliphatic heterocycles. The normalized spacial score (nSPS) is 11.0. The minimum atomic E-state index is -0.849. The van der Waals surface area contributed by atoms with Gasteiger partial charge in [0.25, 0.3) is 0 Å². The largest absolute Gasteiger partial charge is 0.508 e. The third kappa shape index (κ3) is 3.68. The molecule has 0 aliphatic rings. The summed E-state index contributed by atoms with van der Waals surface area (Å²) in [5.74, 6) is -4.04. The number of hydrogen-bond acceptors (Lipinski definition) is 7. The molecule has 4 N–H and O–H groups in total. The third-order valence-electron chi connectivity index (χ3n) is 4.54. The Hall–Kier alpha value is -4.27. The van der Waals surface area contributed by atoms with Crippen LogP contribution in [-0.2, 0) is 6.61 Å². The van der Waals surface area contributed by atoms with E-state index < -0.39 is 46.7 Å². The molecule has 4 aromatic rings. The van der Waals surface area contributed by atoms with Gasteiger partial charge in [0.15, 0.2) is 17.3 Å². The molecule has 0 unspecified atom stereocenters. The van der Waals surface area contributed by atoms with Gasteiger partial charge >= 0.3 is 0 Å². The van der Waals surface area contributed by atoms with E-state index in [2.05, 4.69) is 0 Å². The highest BCUT2D eigenvalue weighted by molar-refractivity contribution is 5.88. The highest BCUT2D eigenvalue weighted by atomic mass is 19.1. The van der Waals surface area contributed by atoms with E-state index in [1.807, 2.05) is 0 Å². The van der Waals surface area contributed by atoms with E-state index in [-0.39, 0.29) is 33.6 Å². The van der Waals surface area contributed by atoms with Gasteiger partial charge in [-0.2, -0.15) is 0 Å². The zero-order valence-electron chi connectivity index (χ0n) is 15.6. The molecule has 158 valence electrons. The first-order valence-corrected chi connectivity index (χ1v) is 8.86. The number of phenolic OH excluding ortho intramolecular Hbond substituents is 4. The van der Waals surface area contributed by atoms with Crippen molar-refractivity contribution in [3.63, 3.8) is 0 Å². The Balaban J connectivity index is 1.92. The molecule has 0 radical (unpaired) electrons. The van der Waals surface area contributed by atoms with Crippen LogP contribution in [0.25, 0.3) is 22.3 Å². The minimum Gasteiger partial charge on any atom is -0.508 e. The molecule has 0 bridgehead atoms. The Morgan fingerprint density at radius 2 is 1.65 bits per heavy atom. The topological polar surface area (TPSA) is 120 Å². The van der Waals surface area contributed by atoms with Crippen LogP contribution in [0.15, 0.2) is 57.7 Å². The standard InChI is InChI=1S/C22H14F2O7/c23-12-2-3-14(24)11(5-12)9-30-22-20(29)19-17(28)7-13(25)8-18(19)31-21(22)10-1-4-15(26)16(27)6-10/h1-8,25-28H,9H2. The maximum Gasteiger partial charge on any atom is 0.239 e. The molecule has 1 aromatic heterocycles. The molecule has 0 saturated carbocycles. The van der Waals surface area contributed by atoms with Crippen molar-refractivity contribution in [2.24, 2.45) is 0 Å². The number of benzene rings is 3. The van der Waals surface area contributed by atoms with E-state index in [0.717, 1.165) is 42.5 Å². The van der Waals surface area contributed by atoms with Gasteiger partial charge in [0.2, 0.25) is 11.2 Å². The van der Waals surface area contributed by atoms with Gasteiger partial charge in [0.05, 0.1) is 0 Å². The van der Waals surface area contributed by atoms with Crippen molar-refractivity contribution in [2.75, 3.05) is 0 Å². The first-order valence-electron chi connectivity index (χ1n) is 8.86. The van der Waals surface area contributed by atoms with Gasteiger partial charge in [-0.3, -0.25) is 4.79 Å². The van der Waals surface area contributed by atoms with E-state index >= 15 is 0 Å². The number of aromatic hydroxyl groups is 4. The molecule has 4 rings (SSSR count). The fraction of sp³-hybridized carbons (Fsp3) is 0.0455. The van der Waals surface area contributed by atoms with Crippen molar-refractivity contribution in [1.29, 1.82) is 0 Å². The fourth-order valence-corrected chi connectivity index (χ4v) is 3.06. The molecule has 31 heavy (non-hydrogen) atoms. The van der Waals surface area contributed by atoms with Gasteiger partial charge in [0, 0.05) is 23.3 Å². The monoisotopic (exact) mass is 428 g/mol. The Kier molecular flexibility index (Phi) is 4.86. The van der Waals surface area contributed by atoms with Crippen LogP contribution < -0.4 is 10.2 Å². The van der Waals surface area contributed by atoms with Crippen LogP contribution in [-0.4, -0.2) is 20.4 Å². The van der Waals surface area contributed by atoms with Crippen LogP contribution in [0.3, 0.4) is 0 Å². The summed E-state index contributed by atoms with van der Waals surface area (Å²) in [5.41, 5.74) is -1.10. The lowest BCUT2D eigenvalue weighted by atomic mass is 10.1. The molecular formula is C22H14F2O7. The zero-order chi connectivity index (χ0) is 22.3. The van der Waals surface area contributed by atoms with Crippen molar-refractivity contribution in [3.8, 4) is 40.1 Å². The molecule has 7 nitrogen and oxygen atoms in total. The Morgan fingerprint density at radius 1 is 0.871 bits per heavy atom. The molecule has 1 heterocycles. The van der Waals surface area contributed by atoms with E-state index in [1.54, 1.807) is 0 Å². The maximum atomic E-state index is 14.0. The summed E-state index contributed by atoms with van der Waals surface area (Å²) in [5, 5.41) is 38.9. The van der Waals surface area contributed by atoms with Crippen molar-refractivity contribution in [3.05, 3.63) is 76.0 Å². The predicted molar refractivity (Wildman–Crippen MR) is 105 cm³/mol. The molecule has 0 saturated heterocycles. The Bertz CT molecular complexity index is 1380. The summed E-state index contributed by atoms with van der Waals surface area (Å²) in [7, 11) is 0. The summed E-state index contributed by atoms with van der Waals surface area (Å²) in [6.07, 6.45) is 0. The lowest BCUT2D eigenvalue weighted by molar-refractivity contribution is 0.291. The lowest BCUT2D eigenvalue weighted by Gasteiger charge is -2.13. The third-order valence-corrected chi connectivity index (χ3v) is 4.54. The second-order valence-electron chi connectivity index (χ2n) is 6.66. The number of phenols is 4. The van der Waals surface area contributed by atoms with Gasteiger partial charge in [-0.05, 0) is 36.4 Å². The van der Waals surface area contributed by atoms with E-state index in [9.17, 15) is 34.0 Å². The summed E-state index contributed by atoms with van der Waals surface area (Å²) in [6.45, 7) is -0.546. The van der Waals surface area contributed by atoms with Gasteiger partial charge in [0.1, 0.15) is 40.7 Å². The summed E-state index contributed by atoms with van der Waals surface area (Å²) >= 11 is 0. The van der Waals surface area contributed by atoms with Crippen LogP contribution in [0, 0.1) is 11.6 Å². The fourth-order valence-electron chi connectivity index (χ4n) is 3.06. The molecule has 0 amide bonds. The number of ether oxygens (including phenoxy) is 1. The van der Waals surface area contributed by atoms with Crippen LogP contribution in [0.5, 0.6) is 28.7 Å². The van der Waals surface area contributed by atoms with E-state index in [0.29, 0.717) is 0 Å². The second kappa shape index (κ2) is 7.52. The maximum absolute atomic E-state index is 14.0. The highest BCUT2D eigenvalue weighted by Crippen LogP contribution is 2.38. The molecule has 9 heteroatoms. The number of fused-ring (bicyclic) bond motifs is 1. The van der Waals surface area contributed by atoms with Crippen LogP contribution >= 0.6 is 0 Å². The number of hydrogen-bond donors (Lipinski definition) is 4. The summed E-state index contributed by atoms with van der Waals surface area (Å²) in [4.78, 5) is 13.1. The SMILES string of the molecule is O=c1c(OCc2cc(F)ccc2F)c(-c2ccc(O)c(O)c2)oc2cc(O)cc(O)c12. The second-order valence-corrected chi connectivity index (χ2v) is 6.66. The first-order chi connectivity index (χ1) is 14.7. The van der Waals surface area contributed by atoms with Crippen molar-refractivity contribution < 1.29 is 38.4 Å². The number of halogens is 2. The summed E-state index contributed by atoms with van der Waals surface area (Å²) < 4.78 is 38.6. The summed E-state index contributed by atoms with van der Waals surface area (Å²) in [6, 6.07) is 8.32. The van der Waals surface area contributed by atoms with Crippen molar-refractivity contribution in [1.82, 2.24) is 0 Å². The minimum absolute atomic E-state index is 0.104. The van der Waals surface area contributed by atoms with Gasteiger partial charge in [-0.1, -0.05) is 0 Å². The lowest BCUT2D eigenvalue weighted by Crippen LogP contribution is -2.11. The molecule has 0 aliphatic carbocycles. The first kappa shape index (κ1) is 20.0. The predicted octanol–water partition coefficient (Wildman–Crippen LogP) is 4.14. The Labute approximate surface area is 172 Å². The smallest absolute Gasteiger partial charge is 0.239 e.